The molecule has 0 saturated heterocycles. The fraction of sp³-hybridized carbons (Fsp3) is 0. The maximum Gasteiger partial charge on any atom is 0.123 e. The third-order valence-electron chi connectivity index (χ3n) is 3.86. The molecule has 1 aromatic heterocycles. The number of aromatic nitrogens is 2. The summed E-state index contributed by atoms with van der Waals surface area (Å²) in [7, 11) is 0. The zero-order valence-corrected chi connectivity index (χ0v) is 13.6. The Morgan fingerprint density at radius 3 is 1.60 bits per heavy atom. The lowest BCUT2D eigenvalue weighted by molar-refractivity contribution is 0.627. The summed E-state index contributed by atoms with van der Waals surface area (Å²) in [6.07, 6.45) is 0. The zero-order chi connectivity index (χ0) is 17.4. The van der Waals surface area contributed by atoms with Gasteiger partial charge in [-0.25, -0.2) is 18.7 Å². The Hall–Kier alpha value is -2.85. The molecule has 25 heavy (non-hydrogen) atoms. The van der Waals surface area contributed by atoms with E-state index in [1.54, 1.807) is 42.5 Å². The topological polar surface area (TPSA) is 25.8 Å². The third kappa shape index (κ3) is 3.08. The lowest BCUT2D eigenvalue weighted by Gasteiger charge is -2.11. The quantitative estimate of drug-likeness (QED) is 0.449. The fourth-order valence-electron chi connectivity index (χ4n) is 2.65. The standard InChI is InChI=1S/C20H11ClF2N2/c21-14-5-10-17-18(11-14)25-20(13-3-8-16(23)9-4-13)19(24-17)12-1-6-15(22)7-2-12/h1-11H. The number of nitrogens with zero attached hydrogens (tertiary/aromatic N) is 2. The highest BCUT2D eigenvalue weighted by Gasteiger charge is 2.14. The minimum atomic E-state index is -0.330. The van der Waals surface area contributed by atoms with E-state index in [1.165, 1.54) is 24.3 Å². The molecule has 0 atom stereocenters. The van der Waals surface area contributed by atoms with Crippen LogP contribution < -0.4 is 0 Å². The molecule has 4 aromatic rings. The van der Waals surface area contributed by atoms with E-state index in [-0.39, 0.29) is 11.6 Å². The van der Waals surface area contributed by atoms with Crippen molar-refractivity contribution < 1.29 is 8.78 Å². The number of fused-ring (bicyclic) bond motifs is 1. The van der Waals surface area contributed by atoms with Gasteiger partial charge in [0.05, 0.1) is 22.4 Å². The average Bonchev–Trinajstić information content (AvgIpc) is 2.62. The molecule has 0 spiro atoms. The Kier molecular flexibility index (Phi) is 3.90. The molecule has 1 heterocycles. The molecule has 3 aromatic carbocycles. The Morgan fingerprint density at radius 2 is 1.08 bits per heavy atom. The second-order valence-corrected chi connectivity index (χ2v) is 6.00. The summed E-state index contributed by atoms with van der Waals surface area (Å²) in [5.41, 5.74) is 3.94. The summed E-state index contributed by atoms with van der Waals surface area (Å²) >= 11 is 6.05. The van der Waals surface area contributed by atoms with Gasteiger partial charge >= 0.3 is 0 Å². The smallest absolute Gasteiger partial charge is 0.123 e. The van der Waals surface area contributed by atoms with Crippen molar-refractivity contribution >= 4 is 22.6 Å². The molecule has 0 bridgehead atoms. The molecule has 122 valence electrons. The maximum atomic E-state index is 13.3. The summed E-state index contributed by atoms with van der Waals surface area (Å²) in [4.78, 5) is 9.35. The number of halogens is 3. The second kappa shape index (κ2) is 6.22. The molecule has 0 aliphatic heterocycles. The van der Waals surface area contributed by atoms with Gasteiger partial charge in [-0.3, -0.25) is 0 Å². The summed E-state index contributed by atoms with van der Waals surface area (Å²) in [5, 5.41) is 0.557. The molecule has 0 saturated carbocycles. The Morgan fingerprint density at radius 1 is 0.600 bits per heavy atom. The van der Waals surface area contributed by atoms with Crippen LogP contribution in [0.3, 0.4) is 0 Å². The largest absolute Gasteiger partial charge is 0.244 e. The normalized spacial score (nSPS) is 11.0. The molecule has 0 radical (unpaired) electrons. The molecule has 0 fully saturated rings. The minimum Gasteiger partial charge on any atom is -0.244 e. The van der Waals surface area contributed by atoms with Crippen LogP contribution in [0.15, 0.2) is 66.7 Å². The van der Waals surface area contributed by atoms with Crippen LogP contribution in [0, 0.1) is 11.6 Å². The average molecular weight is 353 g/mol. The summed E-state index contributed by atoms with van der Waals surface area (Å²) < 4.78 is 26.6. The first-order valence-corrected chi connectivity index (χ1v) is 7.97. The Labute approximate surface area is 147 Å². The van der Waals surface area contributed by atoms with Crippen LogP contribution in [-0.2, 0) is 0 Å². The molecule has 0 amide bonds. The van der Waals surface area contributed by atoms with E-state index in [4.69, 9.17) is 11.6 Å². The number of benzene rings is 3. The van der Waals surface area contributed by atoms with Gasteiger partial charge in [0.25, 0.3) is 0 Å². The van der Waals surface area contributed by atoms with Crippen LogP contribution in [-0.4, -0.2) is 9.97 Å². The molecule has 5 heteroatoms. The number of rotatable bonds is 2. The van der Waals surface area contributed by atoms with Crippen molar-refractivity contribution in [2.24, 2.45) is 0 Å². The molecule has 2 nitrogen and oxygen atoms in total. The van der Waals surface area contributed by atoms with Crippen LogP contribution in [0.25, 0.3) is 33.5 Å². The van der Waals surface area contributed by atoms with Crippen molar-refractivity contribution in [1.82, 2.24) is 9.97 Å². The third-order valence-corrected chi connectivity index (χ3v) is 4.10. The predicted molar refractivity (Wildman–Crippen MR) is 95.3 cm³/mol. The first-order chi connectivity index (χ1) is 12.1. The van der Waals surface area contributed by atoms with Crippen LogP contribution >= 0.6 is 11.6 Å². The Balaban J connectivity index is 2.01. The molecule has 0 aliphatic rings. The van der Waals surface area contributed by atoms with Crippen molar-refractivity contribution in [3.05, 3.63) is 83.4 Å². The van der Waals surface area contributed by atoms with Gasteiger partial charge in [0.2, 0.25) is 0 Å². The maximum absolute atomic E-state index is 13.3. The van der Waals surface area contributed by atoms with Crippen LogP contribution in [0.1, 0.15) is 0 Å². The van der Waals surface area contributed by atoms with Gasteiger partial charge in [-0.05, 0) is 66.7 Å². The lowest BCUT2D eigenvalue weighted by atomic mass is 10.0. The summed E-state index contributed by atoms with van der Waals surface area (Å²) in [5.74, 6) is -0.656. The first-order valence-electron chi connectivity index (χ1n) is 7.59. The van der Waals surface area contributed by atoms with Gasteiger partial charge in [-0.1, -0.05) is 11.6 Å². The van der Waals surface area contributed by atoms with Gasteiger partial charge in [-0.2, -0.15) is 0 Å². The van der Waals surface area contributed by atoms with E-state index in [2.05, 4.69) is 9.97 Å². The van der Waals surface area contributed by atoms with Gasteiger partial charge in [-0.15, -0.1) is 0 Å². The van der Waals surface area contributed by atoms with E-state index in [9.17, 15) is 8.78 Å². The van der Waals surface area contributed by atoms with E-state index < -0.39 is 0 Å². The SMILES string of the molecule is Fc1ccc(-c2nc3ccc(Cl)cc3nc2-c2ccc(F)cc2)cc1. The van der Waals surface area contributed by atoms with Crippen molar-refractivity contribution in [1.29, 1.82) is 0 Å². The van der Waals surface area contributed by atoms with E-state index in [0.717, 1.165) is 11.1 Å². The van der Waals surface area contributed by atoms with Gasteiger partial charge < -0.3 is 0 Å². The highest BCUT2D eigenvalue weighted by atomic mass is 35.5. The second-order valence-electron chi connectivity index (χ2n) is 5.57. The molecular formula is C20H11ClF2N2. The van der Waals surface area contributed by atoms with Crippen LogP contribution in [0.4, 0.5) is 8.78 Å². The predicted octanol–water partition coefficient (Wildman–Crippen LogP) is 5.90. The zero-order valence-electron chi connectivity index (χ0n) is 12.9. The molecule has 0 N–H and O–H groups in total. The summed E-state index contributed by atoms with van der Waals surface area (Å²) in [6, 6.07) is 17.3. The van der Waals surface area contributed by atoms with Crippen molar-refractivity contribution in [2.45, 2.75) is 0 Å². The fourth-order valence-corrected chi connectivity index (χ4v) is 2.81. The van der Waals surface area contributed by atoms with Gasteiger partial charge in [0, 0.05) is 16.1 Å². The highest BCUT2D eigenvalue weighted by molar-refractivity contribution is 6.31. The minimum absolute atomic E-state index is 0.326. The molecule has 4 rings (SSSR count). The molecule has 0 aliphatic carbocycles. The molecule has 0 unspecified atom stereocenters. The van der Waals surface area contributed by atoms with E-state index >= 15 is 0 Å². The lowest BCUT2D eigenvalue weighted by Crippen LogP contribution is -1.96. The van der Waals surface area contributed by atoms with Crippen LogP contribution in [0.2, 0.25) is 5.02 Å². The van der Waals surface area contributed by atoms with Gasteiger partial charge in [0.1, 0.15) is 11.6 Å². The first kappa shape index (κ1) is 15.7. The Bertz CT molecular complexity index is 1060. The van der Waals surface area contributed by atoms with Crippen LogP contribution in [0.5, 0.6) is 0 Å². The van der Waals surface area contributed by atoms with Crippen molar-refractivity contribution in [3.63, 3.8) is 0 Å². The van der Waals surface area contributed by atoms with Crippen molar-refractivity contribution in [3.8, 4) is 22.5 Å². The number of hydrogen-bond acceptors (Lipinski definition) is 2. The highest BCUT2D eigenvalue weighted by Crippen LogP contribution is 2.31. The summed E-state index contributed by atoms with van der Waals surface area (Å²) in [6.45, 7) is 0. The van der Waals surface area contributed by atoms with Gasteiger partial charge in [0.15, 0.2) is 0 Å². The van der Waals surface area contributed by atoms with E-state index in [0.29, 0.717) is 27.4 Å². The van der Waals surface area contributed by atoms with Crippen molar-refractivity contribution in [2.75, 3.05) is 0 Å². The number of hydrogen-bond donors (Lipinski definition) is 0. The molecular weight excluding hydrogens is 342 g/mol. The van der Waals surface area contributed by atoms with E-state index in [1.807, 2.05) is 0 Å². The monoisotopic (exact) mass is 352 g/mol.